The number of anilines is 1. The maximum atomic E-state index is 12.5. The highest BCUT2D eigenvalue weighted by atomic mass is 32.2. The Morgan fingerprint density at radius 3 is 2.63 bits per heavy atom. The van der Waals surface area contributed by atoms with Crippen LogP contribution in [0.1, 0.15) is 16.7 Å². The number of benzene rings is 2. The van der Waals surface area contributed by atoms with Gasteiger partial charge in [0.05, 0.1) is 4.91 Å². The van der Waals surface area contributed by atoms with E-state index in [1.807, 2.05) is 50.2 Å². The standard InChI is InChI=1S/C23H22N2O3S2/c1-4-9-25-22(27)20(30-23(25)29)13-17-7-5-6-8-19(17)28-14-21(26)24-18-11-15(2)10-16(3)12-18/h4-8,10-13H,1,9,14H2,2-3H3,(H,24,26)/b20-13-. The summed E-state index contributed by atoms with van der Waals surface area (Å²) < 4.78 is 6.24. The first kappa shape index (κ1) is 21.8. The van der Waals surface area contributed by atoms with Crippen LogP contribution in [0.25, 0.3) is 6.08 Å². The summed E-state index contributed by atoms with van der Waals surface area (Å²) in [5, 5.41) is 2.85. The van der Waals surface area contributed by atoms with Gasteiger partial charge in [0, 0.05) is 17.8 Å². The van der Waals surface area contributed by atoms with Gasteiger partial charge in [0.1, 0.15) is 10.1 Å². The number of aryl methyl sites for hydroxylation is 2. The minimum atomic E-state index is -0.257. The predicted molar refractivity (Wildman–Crippen MR) is 127 cm³/mol. The molecule has 0 bridgehead atoms. The largest absolute Gasteiger partial charge is 0.483 e. The molecule has 0 aliphatic carbocycles. The van der Waals surface area contributed by atoms with E-state index >= 15 is 0 Å². The fourth-order valence-corrected chi connectivity index (χ4v) is 4.31. The summed E-state index contributed by atoms with van der Waals surface area (Å²) in [5.41, 5.74) is 3.59. The summed E-state index contributed by atoms with van der Waals surface area (Å²) in [6, 6.07) is 13.1. The van der Waals surface area contributed by atoms with Crippen molar-refractivity contribution in [3.63, 3.8) is 0 Å². The van der Waals surface area contributed by atoms with E-state index in [0.717, 1.165) is 16.8 Å². The Balaban J connectivity index is 1.70. The third-order valence-corrected chi connectivity index (χ3v) is 5.63. The molecule has 0 atom stereocenters. The molecule has 0 radical (unpaired) electrons. The maximum absolute atomic E-state index is 12.5. The molecule has 1 aliphatic heterocycles. The van der Waals surface area contributed by atoms with E-state index in [2.05, 4.69) is 11.9 Å². The van der Waals surface area contributed by atoms with Crippen molar-refractivity contribution in [3.8, 4) is 5.75 Å². The third kappa shape index (κ3) is 5.37. The van der Waals surface area contributed by atoms with E-state index in [1.54, 1.807) is 18.2 Å². The Kier molecular flexibility index (Phi) is 7.07. The molecular formula is C23H22N2O3S2. The molecule has 1 heterocycles. The summed E-state index contributed by atoms with van der Waals surface area (Å²) in [7, 11) is 0. The number of nitrogens with zero attached hydrogens (tertiary/aromatic N) is 1. The first-order valence-electron chi connectivity index (χ1n) is 9.33. The monoisotopic (exact) mass is 438 g/mol. The average molecular weight is 439 g/mol. The van der Waals surface area contributed by atoms with Crippen LogP contribution in [0, 0.1) is 13.8 Å². The molecule has 2 amide bonds. The normalized spacial score (nSPS) is 14.9. The molecule has 0 aromatic heterocycles. The van der Waals surface area contributed by atoms with Gasteiger partial charge in [-0.25, -0.2) is 0 Å². The van der Waals surface area contributed by atoms with Crippen molar-refractivity contribution in [1.82, 2.24) is 4.90 Å². The average Bonchev–Trinajstić information content (AvgIpc) is 2.94. The van der Waals surface area contributed by atoms with Gasteiger partial charge in [0.25, 0.3) is 11.8 Å². The van der Waals surface area contributed by atoms with Gasteiger partial charge >= 0.3 is 0 Å². The first-order chi connectivity index (χ1) is 14.4. The molecule has 1 saturated heterocycles. The SMILES string of the molecule is C=CCN1C(=O)/C(=C/c2ccccc2OCC(=O)Nc2cc(C)cc(C)c2)SC1=S. The van der Waals surface area contributed by atoms with Crippen LogP contribution in [0.15, 0.2) is 60.0 Å². The Hall–Kier alpha value is -2.90. The van der Waals surface area contributed by atoms with E-state index in [0.29, 0.717) is 27.1 Å². The van der Waals surface area contributed by atoms with Crippen LogP contribution in [0.4, 0.5) is 5.69 Å². The topological polar surface area (TPSA) is 58.6 Å². The number of hydrogen-bond donors (Lipinski definition) is 1. The van der Waals surface area contributed by atoms with E-state index in [9.17, 15) is 9.59 Å². The second-order valence-electron chi connectivity index (χ2n) is 6.83. The number of thioether (sulfide) groups is 1. The smallest absolute Gasteiger partial charge is 0.266 e. The summed E-state index contributed by atoms with van der Waals surface area (Å²) in [5.74, 6) is 0.0986. The minimum absolute atomic E-state index is 0.144. The maximum Gasteiger partial charge on any atom is 0.266 e. The zero-order chi connectivity index (χ0) is 21.7. The number of para-hydroxylation sites is 1. The summed E-state index contributed by atoms with van der Waals surface area (Å²) >= 11 is 6.51. The van der Waals surface area contributed by atoms with Gasteiger partial charge < -0.3 is 10.1 Å². The number of nitrogens with one attached hydrogen (secondary N) is 1. The molecule has 0 saturated carbocycles. The van der Waals surface area contributed by atoms with E-state index < -0.39 is 0 Å². The highest BCUT2D eigenvalue weighted by Gasteiger charge is 2.31. The Morgan fingerprint density at radius 2 is 1.93 bits per heavy atom. The van der Waals surface area contributed by atoms with Crippen molar-refractivity contribution in [2.45, 2.75) is 13.8 Å². The van der Waals surface area contributed by atoms with Crippen LogP contribution in [0.3, 0.4) is 0 Å². The quantitative estimate of drug-likeness (QED) is 0.385. The van der Waals surface area contributed by atoms with Crippen LogP contribution >= 0.6 is 24.0 Å². The molecule has 2 aromatic rings. The molecule has 5 nitrogen and oxygen atoms in total. The number of hydrogen-bond acceptors (Lipinski definition) is 5. The molecule has 0 spiro atoms. The zero-order valence-corrected chi connectivity index (χ0v) is 18.4. The number of amides is 2. The lowest BCUT2D eigenvalue weighted by Crippen LogP contribution is -2.27. The van der Waals surface area contributed by atoms with Crippen molar-refractivity contribution >= 4 is 51.9 Å². The van der Waals surface area contributed by atoms with Gasteiger partial charge in [-0.05, 0) is 49.2 Å². The molecule has 3 rings (SSSR count). The summed E-state index contributed by atoms with van der Waals surface area (Å²) in [4.78, 5) is 26.9. The highest BCUT2D eigenvalue weighted by molar-refractivity contribution is 8.26. The van der Waals surface area contributed by atoms with Crippen LogP contribution in [-0.2, 0) is 9.59 Å². The van der Waals surface area contributed by atoms with Crippen LogP contribution in [0.2, 0.25) is 0 Å². The number of thiocarbonyl (C=S) groups is 1. The fraction of sp³-hybridized carbons (Fsp3) is 0.174. The molecule has 0 unspecified atom stereocenters. The predicted octanol–water partition coefficient (Wildman–Crippen LogP) is 4.71. The van der Waals surface area contributed by atoms with Crippen molar-refractivity contribution in [1.29, 1.82) is 0 Å². The van der Waals surface area contributed by atoms with E-state index in [-0.39, 0.29) is 18.4 Å². The summed E-state index contributed by atoms with van der Waals surface area (Å²) in [6.45, 7) is 7.85. The Labute approximate surface area is 185 Å². The van der Waals surface area contributed by atoms with Gasteiger partial charge in [-0.15, -0.1) is 6.58 Å². The van der Waals surface area contributed by atoms with Crippen molar-refractivity contribution in [2.24, 2.45) is 0 Å². The van der Waals surface area contributed by atoms with Gasteiger partial charge in [-0.1, -0.05) is 54.3 Å². The molecule has 30 heavy (non-hydrogen) atoms. The van der Waals surface area contributed by atoms with Crippen LogP contribution in [-0.4, -0.2) is 34.2 Å². The molecule has 1 fully saturated rings. The first-order valence-corrected chi connectivity index (χ1v) is 10.6. The lowest BCUT2D eigenvalue weighted by Gasteiger charge is -2.11. The van der Waals surface area contributed by atoms with E-state index in [1.165, 1.54) is 16.7 Å². The second-order valence-corrected chi connectivity index (χ2v) is 8.51. The van der Waals surface area contributed by atoms with Crippen molar-refractivity contribution in [3.05, 3.63) is 76.7 Å². The number of carbonyl (C=O) groups is 2. The van der Waals surface area contributed by atoms with Crippen LogP contribution in [0.5, 0.6) is 5.75 Å². The Bertz CT molecular complexity index is 1030. The number of rotatable bonds is 7. The lowest BCUT2D eigenvalue weighted by molar-refractivity contribution is -0.121. The van der Waals surface area contributed by atoms with Crippen molar-refractivity contribution in [2.75, 3.05) is 18.5 Å². The summed E-state index contributed by atoms with van der Waals surface area (Å²) in [6.07, 6.45) is 3.37. The van der Waals surface area contributed by atoms with Gasteiger partial charge in [-0.3, -0.25) is 14.5 Å². The lowest BCUT2D eigenvalue weighted by atomic mass is 10.1. The third-order valence-electron chi connectivity index (χ3n) is 4.26. The molecule has 1 aliphatic rings. The molecule has 1 N–H and O–H groups in total. The van der Waals surface area contributed by atoms with Gasteiger partial charge in [-0.2, -0.15) is 0 Å². The number of carbonyl (C=O) groups excluding carboxylic acids is 2. The van der Waals surface area contributed by atoms with Crippen molar-refractivity contribution < 1.29 is 14.3 Å². The Morgan fingerprint density at radius 1 is 1.23 bits per heavy atom. The minimum Gasteiger partial charge on any atom is -0.483 e. The molecule has 7 heteroatoms. The zero-order valence-electron chi connectivity index (χ0n) is 16.8. The highest BCUT2D eigenvalue weighted by Crippen LogP contribution is 2.34. The van der Waals surface area contributed by atoms with Gasteiger partial charge in [0.2, 0.25) is 0 Å². The van der Waals surface area contributed by atoms with E-state index in [4.69, 9.17) is 17.0 Å². The number of ether oxygens (including phenoxy) is 1. The molecule has 154 valence electrons. The van der Waals surface area contributed by atoms with Gasteiger partial charge in [0.15, 0.2) is 6.61 Å². The van der Waals surface area contributed by atoms with Crippen LogP contribution < -0.4 is 10.1 Å². The second kappa shape index (κ2) is 9.73. The molecule has 2 aromatic carbocycles. The molecular weight excluding hydrogens is 416 g/mol. The fourth-order valence-electron chi connectivity index (χ4n) is 3.05.